The van der Waals surface area contributed by atoms with Crippen molar-refractivity contribution in [2.24, 2.45) is 0 Å². The van der Waals surface area contributed by atoms with Gasteiger partial charge in [-0.3, -0.25) is 4.79 Å². The molecule has 0 unspecified atom stereocenters. The summed E-state index contributed by atoms with van der Waals surface area (Å²) in [6.07, 6.45) is 1.80. The highest BCUT2D eigenvalue weighted by molar-refractivity contribution is 8.15. The molecule has 1 fully saturated rings. The normalized spacial score (nSPS) is 17.7. The predicted octanol–water partition coefficient (Wildman–Crippen LogP) is 1.93. The molecule has 8 heteroatoms. The number of ether oxygens (including phenoxy) is 1. The molecule has 0 atom stereocenters. The van der Waals surface area contributed by atoms with Gasteiger partial charge in [-0.15, -0.1) is 11.3 Å². The van der Waals surface area contributed by atoms with Crippen LogP contribution in [0.3, 0.4) is 0 Å². The van der Waals surface area contributed by atoms with Gasteiger partial charge in [0.05, 0.1) is 11.7 Å². The third-order valence-electron chi connectivity index (χ3n) is 3.13. The summed E-state index contributed by atoms with van der Waals surface area (Å²) in [7, 11) is 3.15. The molecule has 0 radical (unpaired) electrons. The van der Waals surface area contributed by atoms with E-state index in [1.165, 1.54) is 11.4 Å². The molecule has 0 N–H and O–H groups in total. The van der Waals surface area contributed by atoms with Crippen LogP contribution in [0.4, 0.5) is 0 Å². The Kier molecular flexibility index (Phi) is 4.50. The molecule has 5 nitrogen and oxygen atoms in total. The third-order valence-corrected chi connectivity index (χ3v) is 6.17. The number of halogens is 1. The molecular weight excluding hydrogens is 310 g/mol. The Morgan fingerprint density at radius 2 is 2.11 bits per heavy atom. The maximum Gasteiger partial charge on any atom is 0.270 e. The highest BCUT2D eigenvalue weighted by Crippen LogP contribution is 2.25. The van der Waals surface area contributed by atoms with E-state index in [1.807, 2.05) is 0 Å². The summed E-state index contributed by atoms with van der Waals surface area (Å²) >= 11 is 0.962. The maximum absolute atomic E-state index is 12.2. The molecule has 1 saturated heterocycles. The Labute approximate surface area is 120 Å². The number of methoxy groups -OCH3 is 1. The molecule has 2 rings (SSSR count). The zero-order valence-corrected chi connectivity index (χ0v) is 12.7. The molecular formula is C11H14ClNO4S2. The first-order valence-corrected chi connectivity index (χ1v) is 8.96. The number of hydrogen-bond donors (Lipinski definition) is 0. The van der Waals surface area contributed by atoms with Crippen LogP contribution in [0.5, 0.6) is 0 Å². The number of piperidine rings is 1. The molecule has 0 bridgehead atoms. The minimum absolute atomic E-state index is 0.00398. The minimum Gasteiger partial charge on any atom is -0.381 e. The van der Waals surface area contributed by atoms with Crippen molar-refractivity contribution < 1.29 is 17.9 Å². The summed E-state index contributed by atoms with van der Waals surface area (Å²) in [5.74, 6) is -0.155. The van der Waals surface area contributed by atoms with E-state index < -0.39 is 9.05 Å². The van der Waals surface area contributed by atoms with Gasteiger partial charge >= 0.3 is 0 Å². The van der Waals surface area contributed by atoms with Gasteiger partial charge in [-0.25, -0.2) is 8.42 Å². The molecule has 0 aliphatic carbocycles. The monoisotopic (exact) mass is 323 g/mol. The van der Waals surface area contributed by atoms with Crippen molar-refractivity contribution in [3.05, 3.63) is 17.0 Å². The first-order valence-electron chi connectivity index (χ1n) is 5.77. The van der Waals surface area contributed by atoms with Crippen molar-refractivity contribution in [1.82, 2.24) is 4.90 Å². The molecule has 0 aromatic carbocycles. The van der Waals surface area contributed by atoms with Gasteiger partial charge in [0.25, 0.3) is 15.0 Å². The van der Waals surface area contributed by atoms with Crippen molar-refractivity contribution in [2.75, 3.05) is 20.2 Å². The summed E-state index contributed by atoms with van der Waals surface area (Å²) < 4.78 is 27.6. The fourth-order valence-electron chi connectivity index (χ4n) is 2.03. The third kappa shape index (κ3) is 3.47. The van der Waals surface area contributed by atoms with Gasteiger partial charge < -0.3 is 9.64 Å². The van der Waals surface area contributed by atoms with Gasteiger partial charge in [0.1, 0.15) is 4.21 Å². The lowest BCUT2D eigenvalue weighted by Gasteiger charge is -2.31. The summed E-state index contributed by atoms with van der Waals surface area (Å²) in [5.41, 5.74) is 0.375. The molecule has 106 valence electrons. The quantitative estimate of drug-likeness (QED) is 0.797. The molecule has 1 aliphatic rings. The van der Waals surface area contributed by atoms with E-state index in [0.29, 0.717) is 18.7 Å². The SMILES string of the molecule is COC1CCN(C(=O)c2csc(S(=O)(=O)Cl)c2)CC1. The van der Waals surface area contributed by atoms with E-state index in [1.54, 1.807) is 12.0 Å². The molecule has 2 heterocycles. The summed E-state index contributed by atoms with van der Waals surface area (Å²) in [5, 5.41) is 1.53. The Morgan fingerprint density at radius 3 is 2.58 bits per heavy atom. The van der Waals surface area contributed by atoms with Crippen LogP contribution in [0.25, 0.3) is 0 Å². The average Bonchev–Trinajstić information content (AvgIpc) is 2.87. The van der Waals surface area contributed by atoms with Gasteiger partial charge in [-0.1, -0.05) is 0 Å². The van der Waals surface area contributed by atoms with Crippen LogP contribution >= 0.6 is 22.0 Å². The van der Waals surface area contributed by atoms with Crippen LogP contribution in [0.15, 0.2) is 15.7 Å². The highest BCUT2D eigenvalue weighted by atomic mass is 35.7. The van der Waals surface area contributed by atoms with E-state index in [9.17, 15) is 13.2 Å². The number of nitrogens with zero attached hydrogens (tertiary/aromatic N) is 1. The van der Waals surface area contributed by atoms with Gasteiger partial charge in [0.2, 0.25) is 0 Å². The standard InChI is InChI=1S/C11H14ClNO4S2/c1-17-9-2-4-13(5-3-9)11(14)8-6-10(18-7-8)19(12,15)16/h6-7,9H,2-5H2,1H3. The molecule has 1 amide bonds. The van der Waals surface area contributed by atoms with E-state index in [4.69, 9.17) is 15.4 Å². The van der Waals surface area contributed by atoms with Crippen LogP contribution < -0.4 is 0 Å². The number of carbonyl (C=O) groups excluding carboxylic acids is 1. The molecule has 0 spiro atoms. The second-order valence-corrected chi connectivity index (χ2v) is 8.02. The van der Waals surface area contributed by atoms with Crippen LogP contribution in [-0.4, -0.2) is 45.5 Å². The highest BCUT2D eigenvalue weighted by Gasteiger charge is 2.25. The Balaban J connectivity index is 2.07. The van der Waals surface area contributed by atoms with Crippen molar-refractivity contribution in [3.63, 3.8) is 0 Å². The number of carbonyl (C=O) groups is 1. The largest absolute Gasteiger partial charge is 0.381 e. The average molecular weight is 324 g/mol. The summed E-state index contributed by atoms with van der Waals surface area (Å²) in [6.45, 7) is 1.24. The lowest BCUT2D eigenvalue weighted by atomic mass is 10.1. The van der Waals surface area contributed by atoms with Crippen molar-refractivity contribution >= 4 is 37.0 Å². The van der Waals surface area contributed by atoms with Crippen LogP contribution in [0, 0.1) is 0 Å². The molecule has 1 aromatic rings. The van der Waals surface area contributed by atoms with Crippen molar-refractivity contribution in [3.8, 4) is 0 Å². The summed E-state index contributed by atoms with van der Waals surface area (Å²) in [6, 6.07) is 1.33. The van der Waals surface area contributed by atoms with Crippen molar-refractivity contribution in [2.45, 2.75) is 23.2 Å². The van der Waals surface area contributed by atoms with Crippen LogP contribution in [0.1, 0.15) is 23.2 Å². The second kappa shape index (κ2) is 5.78. The molecule has 1 aliphatic heterocycles. The minimum atomic E-state index is -3.76. The fraction of sp³-hybridized carbons (Fsp3) is 0.545. The van der Waals surface area contributed by atoms with Gasteiger partial charge in [0.15, 0.2) is 0 Å². The Hall–Kier alpha value is -0.630. The van der Waals surface area contributed by atoms with Gasteiger partial charge in [-0.2, -0.15) is 0 Å². The van der Waals surface area contributed by atoms with E-state index in [2.05, 4.69) is 0 Å². The lowest BCUT2D eigenvalue weighted by Crippen LogP contribution is -2.40. The topological polar surface area (TPSA) is 63.7 Å². The maximum atomic E-state index is 12.2. The second-order valence-electron chi connectivity index (χ2n) is 4.32. The van der Waals surface area contributed by atoms with E-state index in [0.717, 1.165) is 24.2 Å². The smallest absolute Gasteiger partial charge is 0.270 e. The van der Waals surface area contributed by atoms with E-state index in [-0.39, 0.29) is 16.2 Å². The van der Waals surface area contributed by atoms with Crippen LogP contribution in [0.2, 0.25) is 0 Å². The summed E-state index contributed by atoms with van der Waals surface area (Å²) in [4.78, 5) is 13.9. The molecule has 1 aromatic heterocycles. The Bertz CT molecular complexity index is 561. The molecule has 19 heavy (non-hydrogen) atoms. The van der Waals surface area contributed by atoms with Gasteiger partial charge in [-0.05, 0) is 18.9 Å². The lowest BCUT2D eigenvalue weighted by molar-refractivity contribution is 0.0351. The zero-order chi connectivity index (χ0) is 14.0. The first kappa shape index (κ1) is 14.8. The Morgan fingerprint density at radius 1 is 1.47 bits per heavy atom. The number of hydrogen-bond acceptors (Lipinski definition) is 5. The van der Waals surface area contributed by atoms with E-state index >= 15 is 0 Å². The van der Waals surface area contributed by atoms with Crippen LogP contribution in [-0.2, 0) is 13.8 Å². The number of likely N-dealkylation sites (tertiary alicyclic amines) is 1. The zero-order valence-electron chi connectivity index (χ0n) is 10.3. The molecule has 0 saturated carbocycles. The predicted molar refractivity (Wildman–Crippen MR) is 73.3 cm³/mol. The van der Waals surface area contributed by atoms with Gasteiger partial charge in [0, 0.05) is 36.3 Å². The van der Waals surface area contributed by atoms with Crippen molar-refractivity contribution in [1.29, 1.82) is 0 Å². The number of rotatable bonds is 3. The fourth-order valence-corrected chi connectivity index (χ4v) is 3.97. The number of amides is 1. The first-order chi connectivity index (χ1) is 8.91. The number of thiophene rings is 1.